The molecule has 0 spiro atoms. The number of Topliss-reactive ketones (excluding diaryl/α,β-unsaturated/α-hetero) is 1. The van der Waals surface area contributed by atoms with Gasteiger partial charge >= 0.3 is 0 Å². The van der Waals surface area contributed by atoms with Crippen molar-refractivity contribution in [2.45, 2.75) is 6.42 Å². The van der Waals surface area contributed by atoms with Gasteiger partial charge < -0.3 is 5.32 Å². The second kappa shape index (κ2) is 9.46. The molecule has 1 aliphatic rings. The average molecular weight is 507 g/mol. The van der Waals surface area contributed by atoms with Crippen molar-refractivity contribution < 1.29 is 9.59 Å². The SMILES string of the molecule is O=C(Nc1ccc(Cl)cc1)c1ccc(C2=NCN=N2)c(CC(=O)c2sc3ccccc3c2Cl)c1. The Kier molecular flexibility index (Phi) is 6.24. The second-order valence-electron chi connectivity index (χ2n) is 7.54. The molecule has 5 rings (SSSR count). The van der Waals surface area contributed by atoms with E-state index in [-0.39, 0.29) is 24.8 Å². The van der Waals surface area contributed by atoms with E-state index in [0.717, 1.165) is 10.1 Å². The minimum absolute atomic E-state index is 0.0402. The van der Waals surface area contributed by atoms with Crippen LogP contribution in [0, 0.1) is 0 Å². The molecule has 4 aromatic rings. The van der Waals surface area contributed by atoms with E-state index < -0.39 is 0 Å². The van der Waals surface area contributed by atoms with Crippen LogP contribution in [0.1, 0.15) is 31.2 Å². The average Bonchev–Trinajstić information content (AvgIpc) is 3.49. The lowest BCUT2D eigenvalue weighted by Crippen LogP contribution is -2.14. The van der Waals surface area contributed by atoms with Gasteiger partial charge in [-0.05, 0) is 48.0 Å². The van der Waals surface area contributed by atoms with Crippen LogP contribution in [0.3, 0.4) is 0 Å². The number of nitrogens with one attached hydrogen (secondary N) is 1. The van der Waals surface area contributed by atoms with Crippen LogP contribution < -0.4 is 5.32 Å². The van der Waals surface area contributed by atoms with Crippen molar-refractivity contribution in [3.05, 3.63) is 98.3 Å². The Morgan fingerprint density at radius 2 is 1.79 bits per heavy atom. The maximum absolute atomic E-state index is 13.3. The van der Waals surface area contributed by atoms with Gasteiger partial charge in [-0.15, -0.1) is 16.5 Å². The third-order valence-corrected chi connectivity index (χ3v) is 7.27. The highest BCUT2D eigenvalue weighted by Gasteiger charge is 2.21. The molecule has 1 aliphatic heterocycles. The quantitative estimate of drug-likeness (QED) is 0.284. The topological polar surface area (TPSA) is 83.2 Å². The fourth-order valence-electron chi connectivity index (χ4n) is 3.65. The molecule has 1 amide bonds. The molecule has 1 aromatic heterocycles. The highest BCUT2D eigenvalue weighted by Crippen LogP contribution is 2.36. The van der Waals surface area contributed by atoms with Crippen LogP contribution >= 0.6 is 34.5 Å². The third-order valence-electron chi connectivity index (χ3n) is 5.30. The van der Waals surface area contributed by atoms with Crippen LogP contribution in [0.2, 0.25) is 10.0 Å². The molecule has 9 heteroatoms. The van der Waals surface area contributed by atoms with E-state index in [4.69, 9.17) is 23.2 Å². The summed E-state index contributed by atoms with van der Waals surface area (Å²) in [4.78, 5) is 31.0. The Morgan fingerprint density at radius 1 is 1.00 bits per heavy atom. The highest BCUT2D eigenvalue weighted by atomic mass is 35.5. The number of rotatable bonds is 6. The molecule has 3 aromatic carbocycles. The smallest absolute Gasteiger partial charge is 0.255 e. The standard InChI is InChI=1S/C25H16Cl2N4O2S/c26-16-6-8-17(9-7-16)30-25(33)14-5-10-18(24-28-13-29-31-24)15(11-14)12-20(32)23-22(27)19-3-1-2-4-21(19)34-23/h1-11H,12-13H2,(H,30,33). The molecular formula is C25H16Cl2N4O2S. The summed E-state index contributed by atoms with van der Waals surface area (Å²) in [7, 11) is 0. The number of halogens is 2. The number of fused-ring (bicyclic) bond motifs is 1. The molecule has 0 aliphatic carbocycles. The summed E-state index contributed by atoms with van der Waals surface area (Å²) in [6.45, 7) is 0.240. The number of hydrogen-bond acceptors (Lipinski definition) is 6. The summed E-state index contributed by atoms with van der Waals surface area (Å²) in [6, 6.07) is 19.6. The maximum atomic E-state index is 13.3. The predicted octanol–water partition coefficient (Wildman–Crippen LogP) is 7.06. The van der Waals surface area contributed by atoms with Crippen LogP contribution in [-0.4, -0.2) is 24.2 Å². The number of amides is 1. The van der Waals surface area contributed by atoms with E-state index in [0.29, 0.717) is 43.1 Å². The summed E-state index contributed by atoms with van der Waals surface area (Å²) in [5, 5.41) is 12.7. The van der Waals surface area contributed by atoms with Crippen molar-refractivity contribution in [3.8, 4) is 0 Å². The molecule has 0 fully saturated rings. The van der Waals surface area contributed by atoms with Crippen molar-refractivity contribution in [2.24, 2.45) is 15.2 Å². The zero-order valence-electron chi connectivity index (χ0n) is 17.6. The normalized spacial score (nSPS) is 12.7. The van der Waals surface area contributed by atoms with E-state index in [9.17, 15) is 9.59 Å². The number of amidine groups is 1. The first-order valence-corrected chi connectivity index (χ1v) is 11.9. The number of benzene rings is 3. The van der Waals surface area contributed by atoms with E-state index in [1.807, 2.05) is 24.3 Å². The number of nitrogens with zero attached hydrogens (tertiary/aromatic N) is 3. The minimum atomic E-state index is -0.308. The fraction of sp³-hybridized carbons (Fsp3) is 0.0800. The lowest BCUT2D eigenvalue weighted by Gasteiger charge is -2.11. The maximum Gasteiger partial charge on any atom is 0.255 e. The largest absolute Gasteiger partial charge is 0.322 e. The van der Waals surface area contributed by atoms with Crippen molar-refractivity contribution in [1.82, 2.24) is 0 Å². The van der Waals surface area contributed by atoms with E-state index in [1.54, 1.807) is 42.5 Å². The third kappa shape index (κ3) is 4.50. The summed E-state index contributed by atoms with van der Waals surface area (Å²) in [6.07, 6.45) is 0.0402. The zero-order valence-corrected chi connectivity index (χ0v) is 19.9. The predicted molar refractivity (Wildman–Crippen MR) is 137 cm³/mol. The number of ketones is 1. The van der Waals surface area contributed by atoms with Gasteiger partial charge in [-0.2, -0.15) is 5.11 Å². The van der Waals surface area contributed by atoms with Gasteiger partial charge in [-0.1, -0.05) is 47.5 Å². The second-order valence-corrected chi connectivity index (χ2v) is 9.41. The number of carbonyl (C=O) groups excluding carboxylic acids is 2. The van der Waals surface area contributed by atoms with Crippen molar-refractivity contribution in [1.29, 1.82) is 0 Å². The molecular weight excluding hydrogens is 491 g/mol. The number of carbonyl (C=O) groups is 2. The molecule has 0 bridgehead atoms. The Hall–Kier alpha value is -3.39. The van der Waals surface area contributed by atoms with Gasteiger partial charge in [-0.3, -0.25) is 9.59 Å². The van der Waals surface area contributed by atoms with E-state index >= 15 is 0 Å². The first-order chi connectivity index (χ1) is 16.5. The molecule has 6 nitrogen and oxygen atoms in total. The van der Waals surface area contributed by atoms with Gasteiger partial charge in [0.2, 0.25) is 0 Å². The number of azo groups is 1. The fourth-order valence-corrected chi connectivity index (χ4v) is 5.25. The number of thiophene rings is 1. The van der Waals surface area contributed by atoms with Gasteiger partial charge in [0.25, 0.3) is 5.91 Å². The molecule has 0 atom stereocenters. The molecule has 0 unspecified atom stereocenters. The van der Waals surface area contributed by atoms with Gasteiger partial charge in [0, 0.05) is 38.3 Å². The summed E-state index contributed by atoms with van der Waals surface area (Å²) in [5.41, 5.74) is 2.30. The molecule has 0 saturated carbocycles. The highest BCUT2D eigenvalue weighted by molar-refractivity contribution is 7.21. The summed E-state index contributed by atoms with van der Waals surface area (Å²) >= 11 is 13.8. The van der Waals surface area contributed by atoms with Gasteiger partial charge in [0.05, 0.1) is 9.90 Å². The molecule has 0 saturated heterocycles. The monoisotopic (exact) mass is 506 g/mol. The molecule has 34 heavy (non-hydrogen) atoms. The zero-order chi connectivity index (χ0) is 23.7. The lowest BCUT2D eigenvalue weighted by atomic mass is 9.97. The Labute approximate surface area is 209 Å². The first kappa shape index (κ1) is 22.4. The van der Waals surface area contributed by atoms with Gasteiger partial charge in [0.1, 0.15) is 0 Å². The number of anilines is 1. The molecule has 0 radical (unpaired) electrons. The number of hydrogen-bond donors (Lipinski definition) is 1. The van der Waals surface area contributed by atoms with Crippen molar-refractivity contribution in [2.75, 3.05) is 12.0 Å². The Bertz CT molecular complexity index is 1490. The van der Waals surface area contributed by atoms with Gasteiger partial charge in [-0.25, -0.2) is 4.99 Å². The van der Waals surface area contributed by atoms with Crippen molar-refractivity contribution in [3.63, 3.8) is 0 Å². The first-order valence-electron chi connectivity index (χ1n) is 10.3. The van der Waals surface area contributed by atoms with Crippen molar-refractivity contribution >= 4 is 67.8 Å². The van der Waals surface area contributed by atoms with Crippen LogP contribution in [0.25, 0.3) is 10.1 Å². The minimum Gasteiger partial charge on any atom is -0.322 e. The lowest BCUT2D eigenvalue weighted by molar-refractivity contribution is 0.0992. The van der Waals surface area contributed by atoms with Crippen LogP contribution in [0.5, 0.6) is 0 Å². The Balaban J connectivity index is 1.47. The molecule has 168 valence electrons. The van der Waals surface area contributed by atoms with E-state index in [2.05, 4.69) is 20.5 Å². The van der Waals surface area contributed by atoms with E-state index in [1.165, 1.54) is 11.3 Å². The summed E-state index contributed by atoms with van der Waals surface area (Å²) in [5.74, 6) is -0.00871. The van der Waals surface area contributed by atoms with Gasteiger partial charge in [0.15, 0.2) is 18.3 Å². The summed E-state index contributed by atoms with van der Waals surface area (Å²) < 4.78 is 0.945. The number of aliphatic imine (C=N–C) groups is 1. The molecule has 2 heterocycles. The van der Waals surface area contributed by atoms with Crippen LogP contribution in [-0.2, 0) is 6.42 Å². The Morgan fingerprint density at radius 3 is 2.53 bits per heavy atom. The molecule has 1 N–H and O–H groups in total. The van der Waals surface area contributed by atoms with Crippen LogP contribution in [0.15, 0.2) is 82.0 Å². The van der Waals surface area contributed by atoms with Crippen LogP contribution in [0.4, 0.5) is 5.69 Å².